The molecule has 0 radical (unpaired) electrons. The number of alkyl carbamates (subject to hydrolysis) is 1. The van der Waals surface area contributed by atoms with Crippen molar-refractivity contribution in [3.05, 3.63) is 16.6 Å². The Kier molecular flexibility index (Phi) is 4.89. The molecule has 1 aromatic heterocycles. The van der Waals surface area contributed by atoms with E-state index in [2.05, 4.69) is 10.3 Å². The van der Waals surface area contributed by atoms with Crippen LogP contribution in [0.3, 0.4) is 0 Å². The Morgan fingerprint density at radius 1 is 1.59 bits per heavy atom. The van der Waals surface area contributed by atoms with Gasteiger partial charge in [0.2, 0.25) is 0 Å². The van der Waals surface area contributed by atoms with Crippen molar-refractivity contribution < 1.29 is 19.4 Å². The lowest BCUT2D eigenvalue weighted by molar-refractivity contribution is -0.140. The number of nitrogens with zero attached hydrogens (tertiary/aromatic N) is 1. The minimum atomic E-state index is -1.07. The maximum absolute atomic E-state index is 11.3. The zero-order chi connectivity index (χ0) is 12.8. The largest absolute Gasteiger partial charge is 0.480 e. The van der Waals surface area contributed by atoms with E-state index in [1.807, 2.05) is 0 Å². The van der Waals surface area contributed by atoms with E-state index in [1.165, 1.54) is 11.3 Å². The molecule has 0 saturated carbocycles. The SMILES string of the molecule is CC(C)[C@@H](NC(=O)OCc1cncs1)C(=O)O. The number of rotatable bonds is 5. The van der Waals surface area contributed by atoms with E-state index in [1.54, 1.807) is 25.6 Å². The number of nitrogens with one attached hydrogen (secondary N) is 1. The Morgan fingerprint density at radius 2 is 2.29 bits per heavy atom. The number of hydrogen-bond acceptors (Lipinski definition) is 5. The second-order valence-corrected chi connectivity index (χ2v) is 4.72. The van der Waals surface area contributed by atoms with E-state index in [-0.39, 0.29) is 12.5 Å². The first-order valence-electron chi connectivity index (χ1n) is 5.04. The van der Waals surface area contributed by atoms with Crippen molar-refractivity contribution in [1.82, 2.24) is 10.3 Å². The molecular formula is C10H14N2O4S. The van der Waals surface area contributed by atoms with Gasteiger partial charge in [0.05, 0.1) is 10.4 Å². The summed E-state index contributed by atoms with van der Waals surface area (Å²) in [6.45, 7) is 3.52. The van der Waals surface area contributed by atoms with Gasteiger partial charge in [-0.3, -0.25) is 4.98 Å². The van der Waals surface area contributed by atoms with Crippen LogP contribution in [0.15, 0.2) is 11.7 Å². The summed E-state index contributed by atoms with van der Waals surface area (Å²) >= 11 is 1.36. The molecule has 0 aromatic carbocycles. The number of thiazole rings is 1. The fourth-order valence-electron chi connectivity index (χ4n) is 1.13. The maximum Gasteiger partial charge on any atom is 0.408 e. The molecular weight excluding hydrogens is 244 g/mol. The number of aromatic nitrogens is 1. The van der Waals surface area contributed by atoms with E-state index in [0.717, 1.165) is 4.88 Å². The van der Waals surface area contributed by atoms with Gasteiger partial charge >= 0.3 is 12.1 Å². The predicted octanol–water partition coefficient (Wildman–Crippen LogP) is 1.48. The molecule has 1 rings (SSSR count). The van der Waals surface area contributed by atoms with Gasteiger partial charge in [0.25, 0.3) is 0 Å². The van der Waals surface area contributed by atoms with Crippen LogP contribution < -0.4 is 5.32 Å². The molecule has 1 atom stereocenters. The first-order valence-corrected chi connectivity index (χ1v) is 5.92. The molecule has 0 aliphatic rings. The van der Waals surface area contributed by atoms with E-state index in [4.69, 9.17) is 9.84 Å². The minimum absolute atomic E-state index is 0.0981. The zero-order valence-corrected chi connectivity index (χ0v) is 10.4. The standard InChI is InChI=1S/C10H14N2O4S/c1-6(2)8(9(13)14)12-10(15)16-4-7-3-11-5-17-7/h3,5-6,8H,4H2,1-2H3,(H,12,15)(H,13,14)/t8-/m1/s1. The fourth-order valence-corrected chi connectivity index (χ4v) is 1.64. The molecule has 17 heavy (non-hydrogen) atoms. The molecule has 94 valence electrons. The highest BCUT2D eigenvalue weighted by Gasteiger charge is 2.23. The predicted molar refractivity (Wildman–Crippen MR) is 61.7 cm³/mol. The Labute approximate surface area is 103 Å². The Balaban J connectivity index is 2.40. The fraction of sp³-hybridized carbons (Fsp3) is 0.500. The second kappa shape index (κ2) is 6.19. The monoisotopic (exact) mass is 258 g/mol. The molecule has 6 nitrogen and oxygen atoms in total. The van der Waals surface area contributed by atoms with Crippen molar-refractivity contribution in [2.75, 3.05) is 0 Å². The van der Waals surface area contributed by atoms with Crippen molar-refractivity contribution in [3.8, 4) is 0 Å². The summed E-state index contributed by atoms with van der Waals surface area (Å²) in [5, 5.41) is 11.2. The van der Waals surface area contributed by atoms with Crippen LogP contribution in [0, 0.1) is 5.92 Å². The van der Waals surface area contributed by atoms with Crippen LogP contribution in [-0.4, -0.2) is 28.2 Å². The summed E-state index contributed by atoms with van der Waals surface area (Å²) in [7, 11) is 0. The molecule has 0 aliphatic heterocycles. The Hall–Kier alpha value is -1.63. The summed E-state index contributed by atoms with van der Waals surface area (Å²) < 4.78 is 4.87. The smallest absolute Gasteiger partial charge is 0.408 e. The van der Waals surface area contributed by atoms with Gasteiger partial charge in [0, 0.05) is 6.20 Å². The van der Waals surface area contributed by atoms with E-state index >= 15 is 0 Å². The van der Waals surface area contributed by atoms with Crippen LogP contribution in [0.5, 0.6) is 0 Å². The van der Waals surface area contributed by atoms with Crippen molar-refractivity contribution >= 4 is 23.4 Å². The van der Waals surface area contributed by atoms with Crippen molar-refractivity contribution in [1.29, 1.82) is 0 Å². The van der Waals surface area contributed by atoms with Gasteiger partial charge in [-0.25, -0.2) is 9.59 Å². The average Bonchev–Trinajstić information content (AvgIpc) is 2.74. The number of ether oxygens (including phenoxy) is 1. The van der Waals surface area contributed by atoms with Gasteiger partial charge < -0.3 is 15.2 Å². The lowest BCUT2D eigenvalue weighted by atomic mass is 10.1. The molecule has 1 amide bonds. The van der Waals surface area contributed by atoms with Gasteiger partial charge in [-0.2, -0.15) is 0 Å². The molecule has 0 unspecified atom stereocenters. The van der Waals surface area contributed by atoms with Crippen LogP contribution in [0.1, 0.15) is 18.7 Å². The van der Waals surface area contributed by atoms with Gasteiger partial charge in [-0.05, 0) is 5.92 Å². The quantitative estimate of drug-likeness (QED) is 0.835. The highest BCUT2D eigenvalue weighted by molar-refractivity contribution is 7.09. The van der Waals surface area contributed by atoms with E-state index in [0.29, 0.717) is 0 Å². The molecule has 0 bridgehead atoms. The second-order valence-electron chi connectivity index (χ2n) is 3.75. The molecule has 1 aromatic rings. The summed E-state index contributed by atoms with van der Waals surface area (Å²) in [4.78, 5) is 26.8. The van der Waals surface area contributed by atoms with Gasteiger partial charge in [0.1, 0.15) is 12.6 Å². The third kappa shape index (κ3) is 4.39. The van der Waals surface area contributed by atoms with Crippen LogP contribution in [0.2, 0.25) is 0 Å². The summed E-state index contributed by atoms with van der Waals surface area (Å²) in [6.07, 6.45) is 0.856. The van der Waals surface area contributed by atoms with Crippen molar-refractivity contribution in [2.24, 2.45) is 5.92 Å². The third-order valence-corrected chi connectivity index (χ3v) is 2.79. The highest BCUT2D eigenvalue weighted by atomic mass is 32.1. The van der Waals surface area contributed by atoms with Crippen LogP contribution >= 0.6 is 11.3 Å². The molecule has 2 N–H and O–H groups in total. The van der Waals surface area contributed by atoms with Crippen LogP contribution in [-0.2, 0) is 16.1 Å². The van der Waals surface area contributed by atoms with Crippen molar-refractivity contribution in [3.63, 3.8) is 0 Å². The molecule has 0 saturated heterocycles. The first-order chi connectivity index (χ1) is 8.00. The average molecular weight is 258 g/mol. The normalized spacial score (nSPS) is 12.2. The molecule has 0 aliphatic carbocycles. The number of carbonyl (C=O) groups excluding carboxylic acids is 1. The number of carboxylic acids is 1. The summed E-state index contributed by atoms with van der Waals surface area (Å²) in [5.74, 6) is -1.28. The number of carbonyl (C=O) groups is 2. The van der Waals surface area contributed by atoms with Gasteiger partial charge in [-0.15, -0.1) is 11.3 Å². The number of amides is 1. The topological polar surface area (TPSA) is 88.5 Å². The van der Waals surface area contributed by atoms with Crippen LogP contribution in [0.25, 0.3) is 0 Å². The number of hydrogen-bond donors (Lipinski definition) is 2. The summed E-state index contributed by atoms with van der Waals surface area (Å²) in [5.41, 5.74) is 1.63. The molecule has 0 fully saturated rings. The number of carboxylic acid groups (broad SMARTS) is 1. The first kappa shape index (κ1) is 13.4. The minimum Gasteiger partial charge on any atom is -0.480 e. The highest BCUT2D eigenvalue weighted by Crippen LogP contribution is 2.07. The molecule has 0 spiro atoms. The summed E-state index contributed by atoms with van der Waals surface area (Å²) in [6, 6.07) is -0.941. The van der Waals surface area contributed by atoms with Gasteiger partial charge in [0.15, 0.2) is 0 Å². The van der Waals surface area contributed by atoms with E-state index < -0.39 is 18.1 Å². The number of aliphatic carboxylic acids is 1. The third-order valence-electron chi connectivity index (χ3n) is 2.04. The Bertz CT molecular complexity index is 378. The lowest BCUT2D eigenvalue weighted by Gasteiger charge is -2.17. The van der Waals surface area contributed by atoms with E-state index in [9.17, 15) is 9.59 Å². The zero-order valence-electron chi connectivity index (χ0n) is 9.54. The lowest BCUT2D eigenvalue weighted by Crippen LogP contribution is -2.44. The van der Waals surface area contributed by atoms with Gasteiger partial charge in [-0.1, -0.05) is 13.8 Å². The Morgan fingerprint density at radius 3 is 2.76 bits per heavy atom. The molecule has 7 heteroatoms. The maximum atomic E-state index is 11.3. The van der Waals surface area contributed by atoms with Crippen LogP contribution in [0.4, 0.5) is 4.79 Å². The molecule has 1 heterocycles. The van der Waals surface area contributed by atoms with Crippen molar-refractivity contribution in [2.45, 2.75) is 26.5 Å².